The number of aromatic nitrogens is 1. The molecule has 6 nitrogen and oxygen atoms in total. The van der Waals surface area contributed by atoms with Gasteiger partial charge in [0.1, 0.15) is 0 Å². The number of aryl methyl sites for hydroxylation is 1. The highest BCUT2D eigenvalue weighted by molar-refractivity contribution is 6.30. The van der Waals surface area contributed by atoms with Crippen LogP contribution in [-0.4, -0.2) is 34.4 Å². The van der Waals surface area contributed by atoms with E-state index in [0.717, 1.165) is 45.4 Å². The third-order valence-electron chi connectivity index (χ3n) is 6.24. The number of cyclic esters (lactones) is 1. The molecule has 1 N–H and O–H groups in total. The van der Waals surface area contributed by atoms with E-state index in [9.17, 15) is 14.7 Å². The Morgan fingerprint density at radius 3 is 2.70 bits per heavy atom. The molecule has 0 spiro atoms. The summed E-state index contributed by atoms with van der Waals surface area (Å²) < 4.78 is 7.60. The van der Waals surface area contributed by atoms with Gasteiger partial charge in [-0.2, -0.15) is 0 Å². The zero-order valence-electron chi connectivity index (χ0n) is 16.7. The van der Waals surface area contributed by atoms with Gasteiger partial charge in [-0.3, -0.25) is 9.69 Å². The molecule has 0 radical (unpaired) electrons. The molecule has 30 heavy (non-hydrogen) atoms. The van der Waals surface area contributed by atoms with Crippen LogP contribution in [0.15, 0.2) is 30.3 Å². The summed E-state index contributed by atoms with van der Waals surface area (Å²) in [4.78, 5) is 26.3. The average molecular weight is 425 g/mol. The molecule has 2 aromatic carbocycles. The number of benzene rings is 2. The number of carboxylic acid groups (broad SMARTS) is 1. The highest BCUT2D eigenvalue weighted by Crippen LogP contribution is 2.47. The number of ether oxygens (including phenoxy) is 1. The molecule has 1 fully saturated rings. The average Bonchev–Trinajstić information content (AvgIpc) is 3.02. The molecule has 2 aliphatic rings. The maximum absolute atomic E-state index is 12.7. The zero-order valence-corrected chi connectivity index (χ0v) is 17.5. The van der Waals surface area contributed by atoms with Gasteiger partial charge in [-0.15, -0.1) is 0 Å². The molecule has 1 saturated heterocycles. The molecule has 7 heteroatoms. The summed E-state index contributed by atoms with van der Waals surface area (Å²) in [6, 6.07) is 9.55. The second kappa shape index (κ2) is 6.77. The molecular formula is C23H21ClN2O4. The molecule has 0 unspecified atom stereocenters. The first-order valence-corrected chi connectivity index (χ1v) is 10.3. The van der Waals surface area contributed by atoms with E-state index in [1.54, 1.807) is 4.90 Å². The van der Waals surface area contributed by atoms with Crippen LogP contribution in [0, 0.1) is 13.8 Å². The van der Waals surface area contributed by atoms with Gasteiger partial charge in [0.2, 0.25) is 0 Å². The lowest BCUT2D eigenvalue weighted by molar-refractivity contribution is -0.136. The van der Waals surface area contributed by atoms with Gasteiger partial charge in [0.15, 0.2) is 0 Å². The molecular weight excluding hydrogens is 404 g/mol. The van der Waals surface area contributed by atoms with Gasteiger partial charge >= 0.3 is 12.1 Å². The van der Waals surface area contributed by atoms with Crippen LogP contribution < -0.4 is 4.90 Å². The SMILES string of the molecule is Cc1c(CC(=O)O)c(-c2ccc(Cl)cc2)c2cc(C)n3c2c1N1C(=O)OCC[C@@H]1C3. The van der Waals surface area contributed by atoms with Crippen molar-refractivity contribution < 1.29 is 19.4 Å². The highest BCUT2D eigenvalue weighted by atomic mass is 35.5. The van der Waals surface area contributed by atoms with Gasteiger partial charge in [-0.25, -0.2) is 4.79 Å². The third kappa shape index (κ3) is 2.70. The smallest absolute Gasteiger partial charge is 0.414 e. The maximum atomic E-state index is 12.7. The quantitative estimate of drug-likeness (QED) is 0.646. The van der Waals surface area contributed by atoms with Crippen molar-refractivity contribution in [1.82, 2.24) is 4.57 Å². The van der Waals surface area contributed by atoms with Crippen LogP contribution in [0.2, 0.25) is 5.02 Å². The number of fused-ring (bicyclic) bond motifs is 2. The van der Waals surface area contributed by atoms with E-state index in [4.69, 9.17) is 16.3 Å². The number of carbonyl (C=O) groups excluding carboxylic acids is 1. The number of hydrogen-bond acceptors (Lipinski definition) is 3. The summed E-state index contributed by atoms with van der Waals surface area (Å²) in [5, 5.41) is 11.2. The lowest BCUT2D eigenvalue weighted by Crippen LogP contribution is -2.50. The minimum absolute atomic E-state index is 0.00538. The van der Waals surface area contributed by atoms with Crippen molar-refractivity contribution in [1.29, 1.82) is 0 Å². The van der Waals surface area contributed by atoms with Gasteiger partial charge < -0.3 is 14.4 Å². The monoisotopic (exact) mass is 424 g/mol. The van der Waals surface area contributed by atoms with E-state index in [0.29, 0.717) is 23.7 Å². The predicted molar refractivity (Wildman–Crippen MR) is 115 cm³/mol. The first-order valence-electron chi connectivity index (χ1n) is 9.95. The number of hydrogen-bond donors (Lipinski definition) is 1. The Morgan fingerprint density at radius 2 is 2.00 bits per heavy atom. The van der Waals surface area contributed by atoms with Crippen molar-refractivity contribution in [3.05, 3.63) is 52.2 Å². The van der Waals surface area contributed by atoms with Gasteiger partial charge in [-0.1, -0.05) is 23.7 Å². The van der Waals surface area contributed by atoms with Crippen LogP contribution in [-0.2, 0) is 22.5 Å². The molecule has 2 aliphatic heterocycles. The fourth-order valence-corrected chi connectivity index (χ4v) is 5.06. The van der Waals surface area contributed by atoms with E-state index in [-0.39, 0.29) is 18.6 Å². The van der Waals surface area contributed by atoms with Crippen LogP contribution >= 0.6 is 11.6 Å². The second-order valence-electron chi connectivity index (χ2n) is 7.99. The van der Waals surface area contributed by atoms with Gasteiger partial charge in [-0.05, 0) is 54.3 Å². The summed E-state index contributed by atoms with van der Waals surface area (Å²) in [6.07, 6.45) is 0.253. The molecule has 0 aliphatic carbocycles. The Morgan fingerprint density at radius 1 is 1.27 bits per heavy atom. The summed E-state index contributed by atoms with van der Waals surface area (Å²) in [5.74, 6) is -0.912. The normalized spacial score (nSPS) is 17.8. The molecule has 154 valence electrons. The van der Waals surface area contributed by atoms with Crippen molar-refractivity contribution in [2.24, 2.45) is 0 Å². The molecule has 3 heterocycles. The highest BCUT2D eigenvalue weighted by Gasteiger charge is 2.39. The van der Waals surface area contributed by atoms with Crippen LogP contribution in [0.1, 0.15) is 23.2 Å². The summed E-state index contributed by atoms with van der Waals surface area (Å²) in [7, 11) is 0. The number of anilines is 1. The van der Waals surface area contributed by atoms with Crippen molar-refractivity contribution in [3.63, 3.8) is 0 Å². The Balaban J connectivity index is 1.90. The minimum Gasteiger partial charge on any atom is -0.481 e. The molecule has 0 bridgehead atoms. The standard InChI is InChI=1S/C23H21ClN2O4/c1-12-9-18-20(14-3-5-15(24)6-4-14)17(10-19(27)28)13(2)21-22(18)25(12)11-16-7-8-30-23(29)26(16)21/h3-6,9,16H,7-8,10-11H2,1-2H3,(H,27,28)/t16-/m1/s1. The van der Waals surface area contributed by atoms with E-state index in [1.165, 1.54) is 0 Å². The number of carboxylic acids is 1. The van der Waals surface area contributed by atoms with Crippen molar-refractivity contribution >= 4 is 40.3 Å². The minimum atomic E-state index is -0.912. The molecule has 0 saturated carbocycles. The van der Waals surface area contributed by atoms with Crippen LogP contribution in [0.5, 0.6) is 0 Å². The number of halogens is 1. The Hall–Kier alpha value is -2.99. The lowest BCUT2D eigenvalue weighted by atomic mass is 9.88. The number of nitrogens with zero attached hydrogens (tertiary/aromatic N) is 2. The van der Waals surface area contributed by atoms with Gasteiger partial charge in [0.05, 0.1) is 30.3 Å². The van der Waals surface area contributed by atoms with Crippen LogP contribution in [0.4, 0.5) is 10.5 Å². The van der Waals surface area contributed by atoms with E-state index in [2.05, 4.69) is 17.6 Å². The van der Waals surface area contributed by atoms with Crippen molar-refractivity contribution in [3.8, 4) is 11.1 Å². The molecule has 5 rings (SSSR count). The Bertz CT molecular complexity index is 1210. The lowest BCUT2D eigenvalue weighted by Gasteiger charge is -2.41. The van der Waals surface area contributed by atoms with E-state index in [1.807, 2.05) is 31.2 Å². The number of aliphatic carboxylic acids is 1. The van der Waals surface area contributed by atoms with Gasteiger partial charge in [0.25, 0.3) is 0 Å². The van der Waals surface area contributed by atoms with E-state index < -0.39 is 5.97 Å². The molecule has 3 aromatic rings. The fourth-order valence-electron chi connectivity index (χ4n) is 4.93. The molecule has 1 aromatic heterocycles. The Labute approximate surface area is 178 Å². The number of amides is 1. The van der Waals surface area contributed by atoms with E-state index >= 15 is 0 Å². The maximum Gasteiger partial charge on any atom is 0.414 e. The van der Waals surface area contributed by atoms with Crippen LogP contribution in [0.25, 0.3) is 22.0 Å². The zero-order chi connectivity index (χ0) is 21.2. The largest absolute Gasteiger partial charge is 0.481 e. The van der Waals surface area contributed by atoms with Crippen LogP contribution in [0.3, 0.4) is 0 Å². The fraction of sp³-hybridized carbons (Fsp3) is 0.304. The molecule has 1 atom stereocenters. The third-order valence-corrected chi connectivity index (χ3v) is 6.49. The van der Waals surface area contributed by atoms with Crippen molar-refractivity contribution in [2.75, 3.05) is 11.5 Å². The topological polar surface area (TPSA) is 71.8 Å². The first-order chi connectivity index (χ1) is 14.4. The number of carbonyl (C=O) groups is 2. The first kappa shape index (κ1) is 19.0. The predicted octanol–water partition coefficient (Wildman–Crippen LogP) is 4.93. The second-order valence-corrected chi connectivity index (χ2v) is 8.43. The van der Waals surface area contributed by atoms with Crippen molar-refractivity contribution in [2.45, 2.75) is 39.3 Å². The van der Waals surface area contributed by atoms with Gasteiger partial charge in [0, 0.05) is 29.1 Å². The summed E-state index contributed by atoms with van der Waals surface area (Å²) in [6.45, 7) is 5.07. The summed E-state index contributed by atoms with van der Waals surface area (Å²) >= 11 is 6.10. The summed E-state index contributed by atoms with van der Waals surface area (Å²) in [5.41, 5.74) is 6.13. The number of rotatable bonds is 3. The Kier molecular flexibility index (Phi) is 4.29. The molecule has 1 amide bonds.